The number of anilines is 1. The fraction of sp³-hybridized carbons (Fsp3) is 0.417. The summed E-state index contributed by atoms with van der Waals surface area (Å²) in [6.07, 6.45) is 0.778. The second-order valence-electron chi connectivity index (χ2n) is 9.05. The van der Waals surface area contributed by atoms with Crippen LogP contribution in [-0.2, 0) is 30.8 Å². The van der Waals surface area contributed by atoms with E-state index in [4.69, 9.17) is 4.74 Å². The minimum atomic E-state index is -3.62. The molecule has 0 bridgehead atoms. The van der Waals surface area contributed by atoms with Gasteiger partial charge in [-0.15, -0.1) is 0 Å². The van der Waals surface area contributed by atoms with Gasteiger partial charge in [-0.1, -0.05) is 36.4 Å². The van der Waals surface area contributed by atoms with E-state index < -0.39 is 33.3 Å². The Balaban J connectivity index is 2.08. The number of carbonyl (C=O) groups excluding carboxylic acids is 2. The highest BCUT2D eigenvalue weighted by atomic mass is 32.2. The van der Waals surface area contributed by atoms with E-state index in [1.165, 1.54) is 12.1 Å². The van der Waals surface area contributed by atoms with Crippen molar-refractivity contribution < 1.29 is 27.1 Å². The van der Waals surface area contributed by atoms with Crippen molar-refractivity contribution in [3.05, 3.63) is 65.5 Å². The van der Waals surface area contributed by atoms with E-state index in [-0.39, 0.29) is 24.1 Å². The van der Waals surface area contributed by atoms with Gasteiger partial charge >= 0.3 is 5.97 Å². The van der Waals surface area contributed by atoms with Gasteiger partial charge < -0.3 is 10.1 Å². The van der Waals surface area contributed by atoms with Crippen molar-refractivity contribution >= 4 is 27.6 Å². The summed E-state index contributed by atoms with van der Waals surface area (Å²) in [7, 11) is -3.62. The lowest BCUT2D eigenvalue weighted by molar-refractivity contribution is -0.158. The standard InChI is InChI=1S/C24H31FN2O5S/c1-16(18-11-12-21(20(25)14-18)27-33(5,30)31)22(28)26-15-19(32-23(29)24(2,3)4)13-17-9-7-6-8-10-17/h6-12,14,16,19,27H,13,15H2,1-5H3,(H,26,28)/t16-,19-/m0/s1. The zero-order valence-corrected chi connectivity index (χ0v) is 20.3. The second-order valence-corrected chi connectivity index (χ2v) is 10.8. The molecule has 0 radical (unpaired) electrons. The minimum Gasteiger partial charge on any atom is -0.460 e. The molecule has 2 N–H and O–H groups in total. The Morgan fingerprint density at radius 1 is 1.09 bits per heavy atom. The lowest BCUT2D eigenvalue weighted by atomic mass is 9.97. The van der Waals surface area contributed by atoms with Gasteiger partial charge in [-0.3, -0.25) is 14.3 Å². The van der Waals surface area contributed by atoms with Crippen molar-refractivity contribution in [3.63, 3.8) is 0 Å². The third-order valence-electron chi connectivity index (χ3n) is 4.88. The molecule has 0 fully saturated rings. The van der Waals surface area contributed by atoms with Crippen molar-refractivity contribution in [2.75, 3.05) is 17.5 Å². The Labute approximate surface area is 194 Å². The largest absolute Gasteiger partial charge is 0.460 e. The van der Waals surface area contributed by atoms with Crippen LogP contribution in [0.25, 0.3) is 0 Å². The third-order valence-corrected chi connectivity index (χ3v) is 5.47. The Hall–Kier alpha value is -2.94. The predicted molar refractivity (Wildman–Crippen MR) is 126 cm³/mol. The number of rotatable bonds is 9. The van der Waals surface area contributed by atoms with Gasteiger partial charge in [-0.25, -0.2) is 12.8 Å². The molecule has 0 heterocycles. The van der Waals surface area contributed by atoms with Crippen molar-refractivity contribution in [1.29, 1.82) is 0 Å². The van der Waals surface area contributed by atoms with E-state index in [0.717, 1.165) is 17.9 Å². The number of carbonyl (C=O) groups is 2. The maximum Gasteiger partial charge on any atom is 0.311 e. The van der Waals surface area contributed by atoms with E-state index in [9.17, 15) is 22.4 Å². The Morgan fingerprint density at radius 2 is 1.73 bits per heavy atom. The van der Waals surface area contributed by atoms with Gasteiger partial charge in [0.25, 0.3) is 0 Å². The van der Waals surface area contributed by atoms with Crippen LogP contribution in [0.15, 0.2) is 48.5 Å². The normalized spacial score (nSPS) is 13.6. The van der Waals surface area contributed by atoms with Crippen molar-refractivity contribution in [3.8, 4) is 0 Å². The van der Waals surface area contributed by atoms with E-state index >= 15 is 0 Å². The Morgan fingerprint density at radius 3 is 2.27 bits per heavy atom. The maximum atomic E-state index is 14.3. The fourth-order valence-electron chi connectivity index (χ4n) is 2.96. The molecule has 180 valence electrons. The number of nitrogens with one attached hydrogen (secondary N) is 2. The highest BCUT2D eigenvalue weighted by molar-refractivity contribution is 7.92. The van der Waals surface area contributed by atoms with Crippen molar-refractivity contribution in [2.45, 2.75) is 46.1 Å². The lowest BCUT2D eigenvalue weighted by Crippen LogP contribution is -2.39. The number of esters is 1. The summed E-state index contributed by atoms with van der Waals surface area (Å²) in [6.45, 7) is 6.97. The molecule has 2 aromatic rings. The number of sulfonamides is 1. The first-order valence-electron chi connectivity index (χ1n) is 10.6. The first kappa shape index (κ1) is 26.3. The molecule has 0 aliphatic carbocycles. The minimum absolute atomic E-state index is 0.0933. The third kappa shape index (κ3) is 8.49. The first-order valence-corrected chi connectivity index (χ1v) is 12.5. The van der Waals surface area contributed by atoms with E-state index in [2.05, 4.69) is 10.0 Å². The highest BCUT2D eigenvalue weighted by Crippen LogP contribution is 2.23. The summed E-state index contributed by atoms with van der Waals surface area (Å²) in [5.74, 6) is -2.23. The molecule has 0 spiro atoms. The summed E-state index contributed by atoms with van der Waals surface area (Å²) in [6, 6.07) is 13.4. The average molecular weight is 479 g/mol. The topological polar surface area (TPSA) is 102 Å². The second kappa shape index (κ2) is 10.8. The molecule has 2 aromatic carbocycles. The number of hydrogen-bond donors (Lipinski definition) is 2. The first-order chi connectivity index (χ1) is 15.3. The molecule has 0 saturated heterocycles. The maximum absolute atomic E-state index is 14.3. The van der Waals surface area contributed by atoms with Crippen LogP contribution in [0.2, 0.25) is 0 Å². The van der Waals surface area contributed by atoms with Crippen LogP contribution in [0, 0.1) is 11.2 Å². The van der Waals surface area contributed by atoms with Gasteiger partial charge in [0.05, 0.1) is 29.8 Å². The van der Waals surface area contributed by atoms with E-state index in [1.54, 1.807) is 27.7 Å². The number of hydrogen-bond acceptors (Lipinski definition) is 5. The molecular weight excluding hydrogens is 447 g/mol. The van der Waals surface area contributed by atoms with Gasteiger partial charge in [0.1, 0.15) is 11.9 Å². The quantitative estimate of drug-likeness (QED) is 0.536. The van der Waals surface area contributed by atoms with Crippen molar-refractivity contribution in [2.24, 2.45) is 5.41 Å². The van der Waals surface area contributed by atoms with E-state index in [0.29, 0.717) is 12.0 Å². The summed E-state index contributed by atoms with van der Waals surface area (Å²) >= 11 is 0. The Kier molecular flexibility index (Phi) is 8.60. The molecule has 1 amide bonds. The monoisotopic (exact) mass is 478 g/mol. The van der Waals surface area contributed by atoms with E-state index in [1.807, 2.05) is 30.3 Å². The molecule has 0 unspecified atom stereocenters. The molecule has 0 aromatic heterocycles. The van der Waals surface area contributed by atoms with Gasteiger partial charge in [-0.05, 0) is 51.0 Å². The highest BCUT2D eigenvalue weighted by Gasteiger charge is 2.27. The number of halogens is 1. The molecule has 2 rings (SSSR count). The SMILES string of the molecule is C[C@H](C(=O)NC[C@H](Cc1ccccc1)OC(=O)C(C)(C)C)c1ccc(NS(C)(=O)=O)c(F)c1. The average Bonchev–Trinajstić information content (AvgIpc) is 2.71. The molecular formula is C24H31FN2O5S. The van der Waals surface area contributed by atoms with Gasteiger partial charge in [0.2, 0.25) is 15.9 Å². The fourth-order valence-corrected chi connectivity index (χ4v) is 3.53. The summed E-state index contributed by atoms with van der Waals surface area (Å²) in [5.41, 5.74) is 0.467. The van der Waals surface area contributed by atoms with Crippen LogP contribution >= 0.6 is 0 Å². The summed E-state index contributed by atoms with van der Waals surface area (Å²) < 4.78 is 44.7. The number of ether oxygens (including phenoxy) is 1. The molecule has 0 aliphatic heterocycles. The zero-order chi connectivity index (χ0) is 24.8. The summed E-state index contributed by atoms with van der Waals surface area (Å²) in [5, 5.41) is 2.78. The van der Waals surface area contributed by atoms with Gasteiger partial charge in [0, 0.05) is 6.42 Å². The summed E-state index contributed by atoms with van der Waals surface area (Å²) in [4.78, 5) is 25.1. The Bertz CT molecular complexity index is 1080. The predicted octanol–water partition coefficient (Wildman–Crippen LogP) is 3.62. The molecule has 9 heteroatoms. The van der Waals surface area contributed by atoms with Crippen molar-refractivity contribution in [1.82, 2.24) is 5.32 Å². The molecule has 7 nitrogen and oxygen atoms in total. The van der Waals surface area contributed by atoms with Crippen LogP contribution in [-0.4, -0.2) is 39.2 Å². The van der Waals surface area contributed by atoms with Crippen LogP contribution < -0.4 is 10.0 Å². The lowest BCUT2D eigenvalue weighted by Gasteiger charge is -2.24. The van der Waals surface area contributed by atoms with Gasteiger partial charge in [0.15, 0.2) is 0 Å². The zero-order valence-electron chi connectivity index (χ0n) is 19.5. The number of amides is 1. The molecule has 0 saturated carbocycles. The molecule has 33 heavy (non-hydrogen) atoms. The van der Waals surface area contributed by atoms with Crippen LogP contribution in [0.4, 0.5) is 10.1 Å². The molecule has 0 aliphatic rings. The van der Waals surface area contributed by atoms with Crippen LogP contribution in [0.5, 0.6) is 0 Å². The smallest absolute Gasteiger partial charge is 0.311 e. The van der Waals surface area contributed by atoms with Crippen LogP contribution in [0.1, 0.15) is 44.7 Å². The van der Waals surface area contributed by atoms with Crippen LogP contribution in [0.3, 0.4) is 0 Å². The number of benzene rings is 2. The van der Waals surface area contributed by atoms with Gasteiger partial charge in [-0.2, -0.15) is 0 Å². The molecule has 2 atom stereocenters.